The first-order valence-electron chi connectivity index (χ1n) is 5.30. The molecule has 0 fully saturated rings. The van der Waals surface area contributed by atoms with Crippen LogP contribution in [0.2, 0.25) is 0 Å². The van der Waals surface area contributed by atoms with E-state index in [0.29, 0.717) is 6.04 Å². The molecule has 0 saturated carbocycles. The van der Waals surface area contributed by atoms with E-state index in [9.17, 15) is 0 Å². The molecule has 13 heavy (non-hydrogen) atoms. The number of nitrogens with one attached hydrogen (secondary N) is 1. The third-order valence-corrected chi connectivity index (χ3v) is 2.14. The lowest BCUT2D eigenvalue weighted by Gasteiger charge is -2.07. The van der Waals surface area contributed by atoms with E-state index in [4.69, 9.17) is 0 Å². The Balaban J connectivity index is 3.16. The van der Waals surface area contributed by atoms with Crippen LogP contribution in [0.4, 0.5) is 0 Å². The average molecular weight is 181 g/mol. The third-order valence-electron chi connectivity index (χ3n) is 2.14. The standard InChI is InChI=1S/C12H23N/c1-4-6-7-8-9-10-11-13-12(3)5-2/h4,9-10,12-13H,1,5-8,11H2,2-3H3. The van der Waals surface area contributed by atoms with Crippen molar-refractivity contribution in [3.05, 3.63) is 24.8 Å². The molecular formula is C12H23N. The van der Waals surface area contributed by atoms with Gasteiger partial charge in [0.1, 0.15) is 0 Å². The predicted molar refractivity (Wildman–Crippen MR) is 60.9 cm³/mol. The molecule has 0 aromatic rings. The third kappa shape index (κ3) is 9.35. The van der Waals surface area contributed by atoms with Gasteiger partial charge in [0.05, 0.1) is 0 Å². The van der Waals surface area contributed by atoms with E-state index in [-0.39, 0.29) is 0 Å². The van der Waals surface area contributed by atoms with Crippen molar-refractivity contribution >= 4 is 0 Å². The van der Waals surface area contributed by atoms with Gasteiger partial charge in [-0.2, -0.15) is 0 Å². The molecule has 0 heterocycles. The summed E-state index contributed by atoms with van der Waals surface area (Å²) in [4.78, 5) is 0. The van der Waals surface area contributed by atoms with Crippen molar-refractivity contribution in [3.8, 4) is 0 Å². The van der Waals surface area contributed by atoms with Gasteiger partial charge in [-0.1, -0.05) is 25.2 Å². The van der Waals surface area contributed by atoms with Gasteiger partial charge >= 0.3 is 0 Å². The van der Waals surface area contributed by atoms with Gasteiger partial charge in [0.25, 0.3) is 0 Å². The second-order valence-corrected chi connectivity index (χ2v) is 3.41. The highest BCUT2D eigenvalue weighted by Gasteiger charge is 1.92. The SMILES string of the molecule is C=CCCCC=CCNC(C)CC. The molecule has 0 spiro atoms. The van der Waals surface area contributed by atoms with Crippen molar-refractivity contribution in [3.63, 3.8) is 0 Å². The van der Waals surface area contributed by atoms with Crippen LogP contribution in [0, 0.1) is 0 Å². The summed E-state index contributed by atoms with van der Waals surface area (Å²) >= 11 is 0. The maximum Gasteiger partial charge on any atom is 0.0137 e. The summed E-state index contributed by atoms with van der Waals surface area (Å²) in [6.45, 7) is 9.11. The molecule has 0 rings (SSSR count). The quantitative estimate of drug-likeness (QED) is 0.447. The molecule has 1 nitrogen and oxygen atoms in total. The topological polar surface area (TPSA) is 12.0 Å². The average Bonchev–Trinajstić information content (AvgIpc) is 2.16. The molecule has 0 aliphatic carbocycles. The molecule has 0 aromatic carbocycles. The fourth-order valence-electron chi connectivity index (χ4n) is 0.995. The molecule has 0 radical (unpaired) electrons. The van der Waals surface area contributed by atoms with Crippen molar-refractivity contribution in [2.45, 2.75) is 45.6 Å². The van der Waals surface area contributed by atoms with Crippen LogP contribution in [0.5, 0.6) is 0 Å². The highest BCUT2D eigenvalue weighted by molar-refractivity contribution is 4.85. The highest BCUT2D eigenvalue weighted by atomic mass is 14.9. The van der Waals surface area contributed by atoms with E-state index >= 15 is 0 Å². The normalized spacial score (nSPS) is 13.4. The lowest BCUT2D eigenvalue weighted by atomic mass is 10.2. The zero-order valence-corrected chi connectivity index (χ0v) is 9.05. The Morgan fingerprint density at radius 3 is 2.69 bits per heavy atom. The van der Waals surface area contributed by atoms with E-state index in [1.165, 1.54) is 19.3 Å². The molecule has 1 heteroatoms. The van der Waals surface area contributed by atoms with Crippen LogP contribution in [0.1, 0.15) is 39.5 Å². The second-order valence-electron chi connectivity index (χ2n) is 3.41. The Morgan fingerprint density at radius 2 is 2.08 bits per heavy atom. The van der Waals surface area contributed by atoms with Gasteiger partial charge in [0.15, 0.2) is 0 Å². The molecule has 0 amide bonds. The zero-order valence-electron chi connectivity index (χ0n) is 9.05. The first-order valence-corrected chi connectivity index (χ1v) is 5.30. The number of unbranched alkanes of at least 4 members (excludes halogenated alkanes) is 2. The summed E-state index contributed by atoms with van der Waals surface area (Å²) in [5.41, 5.74) is 0. The number of rotatable bonds is 8. The molecule has 0 bridgehead atoms. The van der Waals surface area contributed by atoms with Crippen molar-refractivity contribution in [1.29, 1.82) is 0 Å². The van der Waals surface area contributed by atoms with E-state index in [0.717, 1.165) is 13.0 Å². The lowest BCUT2D eigenvalue weighted by molar-refractivity contribution is 0.567. The Morgan fingerprint density at radius 1 is 1.31 bits per heavy atom. The van der Waals surface area contributed by atoms with Crippen molar-refractivity contribution in [2.75, 3.05) is 6.54 Å². The van der Waals surface area contributed by atoms with Gasteiger partial charge in [-0.15, -0.1) is 6.58 Å². The van der Waals surface area contributed by atoms with Gasteiger partial charge < -0.3 is 5.32 Å². The van der Waals surface area contributed by atoms with Crippen LogP contribution in [-0.2, 0) is 0 Å². The summed E-state index contributed by atoms with van der Waals surface area (Å²) < 4.78 is 0. The molecule has 76 valence electrons. The van der Waals surface area contributed by atoms with Crippen LogP contribution in [0.25, 0.3) is 0 Å². The Kier molecular flexibility index (Phi) is 9.12. The smallest absolute Gasteiger partial charge is 0.0137 e. The van der Waals surface area contributed by atoms with Crippen molar-refractivity contribution in [2.24, 2.45) is 0 Å². The predicted octanol–water partition coefficient (Wildman–Crippen LogP) is 3.29. The van der Waals surface area contributed by atoms with E-state index < -0.39 is 0 Å². The molecule has 1 unspecified atom stereocenters. The van der Waals surface area contributed by atoms with E-state index in [2.05, 4.69) is 37.9 Å². The Bertz CT molecular complexity index is 138. The van der Waals surface area contributed by atoms with Crippen molar-refractivity contribution in [1.82, 2.24) is 5.32 Å². The molecular weight excluding hydrogens is 158 g/mol. The Hall–Kier alpha value is -0.560. The largest absolute Gasteiger partial charge is 0.311 e. The van der Waals surface area contributed by atoms with Crippen LogP contribution >= 0.6 is 0 Å². The lowest BCUT2D eigenvalue weighted by Crippen LogP contribution is -2.24. The summed E-state index contributed by atoms with van der Waals surface area (Å²) in [5, 5.41) is 3.42. The van der Waals surface area contributed by atoms with Crippen LogP contribution in [-0.4, -0.2) is 12.6 Å². The molecule has 0 aliphatic rings. The number of hydrogen-bond acceptors (Lipinski definition) is 1. The fraction of sp³-hybridized carbons (Fsp3) is 0.667. The number of hydrogen-bond donors (Lipinski definition) is 1. The van der Waals surface area contributed by atoms with Crippen LogP contribution < -0.4 is 5.32 Å². The minimum atomic E-state index is 0.637. The van der Waals surface area contributed by atoms with Crippen LogP contribution in [0.15, 0.2) is 24.8 Å². The summed E-state index contributed by atoms with van der Waals surface area (Å²) in [6.07, 6.45) is 11.2. The van der Waals surface area contributed by atoms with Crippen molar-refractivity contribution < 1.29 is 0 Å². The summed E-state index contributed by atoms with van der Waals surface area (Å²) in [6, 6.07) is 0.637. The van der Waals surface area contributed by atoms with Gasteiger partial charge in [0.2, 0.25) is 0 Å². The summed E-state index contributed by atoms with van der Waals surface area (Å²) in [7, 11) is 0. The number of allylic oxidation sites excluding steroid dienone is 2. The Labute approximate surface area is 82.9 Å². The van der Waals surface area contributed by atoms with Gasteiger partial charge in [0, 0.05) is 12.6 Å². The molecule has 0 aliphatic heterocycles. The molecule has 1 atom stereocenters. The van der Waals surface area contributed by atoms with Crippen LogP contribution in [0.3, 0.4) is 0 Å². The zero-order chi connectivity index (χ0) is 9.94. The minimum absolute atomic E-state index is 0.637. The molecule has 0 aromatic heterocycles. The molecule has 0 saturated heterocycles. The fourth-order valence-corrected chi connectivity index (χ4v) is 0.995. The minimum Gasteiger partial charge on any atom is -0.311 e. The summed E-state index contributed by atoms with van der Waals surface area (Å²) in [5.74, 6) is 0. The maximum absolute atomic E-state index is 3.69. The first-order chi connectivity index (χ1) is 6.31. The van der Waals surface area contributed by atoms with E-state index in [1.54, 1.807) is 0 Å². The van der Waals surface area contributed by atoms with E-state index in [1.807, 2.05) is 6.08 Å². The second kappa shape index (κ2) is 9.53. The molecule has 1 N–H and O–H groups in total. The first kappa shape index (κ1) is 12.4. The highest BCUT2D eigenvalue weighted by Crippen LogP contribution is 1.96. The van der Waals surface area contributed by atoms with Gasteiger partial charge in [-0.3, -0.25) is 0 Å². The maximum atomic E-state index is 3.69. The van der Waals surface area contributed by atoms with Gasteiger partial charge in [-0.25, -0.2) is 0 Å². The monoisotopic (exact) mass is 181 g/mol. The van der Waals surface area contributed by atoms with Gasteiger partial charge in [-0.05, 0) is 32.6 Å².